The molecule has 0 bridgehead atoms. The van der Waals surface area contributed by atoms with Crippen LogP contribution in [0.4, 0.5) is 0 Å². The summed E-state index contributed by atoms with van der Waals surface area (Å²) < 4.78 is 24.3. The maximum Gasteiger partial charge on any atom is 0.214 e. The Balaban J connectivity index is 2.51. The van der Waals surface area contributed by atoms with Crippen LogP contribution in [0.5, 0.6) is 0 Å². The molecule has 0 unspecified atom stereocenters. The van der Waals surface area contributed by atoms with Gasteiger partial charge in [-0.1, -0.05) is 0 Å². The topological polar surface area (TPSA) is 46.2 Å². The van der Waals surface area contributed by atoms with Crippen molar-refractivity contribution in [2.24, 2.45) is 0 Å². The zero-order valence-electron chi connectivity index (χ0n) is 5.42. The van der Waals surface area contributed by atoms with E-state index in [2.05, 4.69) is 4.72 Å². The van der Waals surface area contributed by atoms with E-state index in [0.717, 1.165) is 23.1 Å². The number of sulfonamides is 1. The number of rotatable bonds is 3. The molecule has 0 spiro atoms. The van der Waals surface area contributed by atoms with E-state index >= 15 is 0 Å². The smallest absolute Gasteiger partial charge is 0.214 e. The SMILES string of the molecule is O=S(=O)(NC[SiH3])C1CC1. The molecule has 0 heterocycles. The van der Waals surface area contributed by atoms with E-state index in [4.69, 9.17) is 0 Å². The van der Waals surface area contributed by atoms with Gasteiger partial charge in [0.05, 0.1) is 5.25 Å². The Kier molecular flexibility index (Phi) is 1.93. The fourth-order valence-electron chi connectivity index (χ4n) is 0.697. The monoisotopic (exact) mass is 165 g/mol. The molecular weight excluding hydrogens is 154 g/mol. The van der Waals surface area contributed by atoms with Crippen LogP contribution in [0.1, 0.15) is 12.8 Å². The second-order valence-electron chi connectivity index (χ2n) is 2.24. The molecular formula is C4H11NO2SSi. The predicted molar refractivity (Wildman–Crippen MR) is 39.9 cm³/mol. The van der Waals surface area contributed by atoms with Crippen LogP contribution in [-0.2, 0) is 10.0 Å². The standard InChI is InChI=1S/C4H11NO2SSi/c6-8(7,5-3-9)4-1-2-4/h4-5H,1-3H2,9H3. The highest BCUT2D eigenvalue weighted by molar-refractivity contribution is 7.90. The number of hydrogen-bond donors (Lipinski definition) is 1. The maximum absolute atomic E-state index is 10.9. The molecule has 1 fully saturated rings. The summed E-state index contributed by atoms with van der Waals surface area (Å²) in [5.74, 6) is 0. The zero-order chi connectivity index (χ0) is 6.91. The van der Waals surface area contributed by atoms with Gasteiger partial charge in [-0.2, -0.15) is 0 Å². The molecule has 1 saturated carbocycles. The molecule has 1 aliphatic carbocycles. The van der Waals surface area contributed by atoms with Crippen LogP contribution in [0.2, 0.25) is 0 Å². The third-order valence-corrected chi connectivity index (χ3v) is 4.21. The fourth-order valence-corrected chi connectivity index (χ4v) is 3.30. The van der Waals surface area contributed by atoms with Crippen molar-refractivity contribution in [3.63, 3.8) is 0 Å². The maximum atomic E-state index is 10.9. The van der Waals surface area contributed by atoms with Crippen molar-refractivity contribution in [2.45, 2.75) is 18.1 Å². The Labute approximate surface area is 58.3 Å². The Morgan fingerprint density at radius 3 is 2.44 bits per heavy atom. The van der Waals surface area contributed by atoms with E-state index < -0.39 is 10.0 Å². The summed E-state index contributed by atoms with van der Waals surface area (Å²) in [7, 11) is -1.95. The lowest BCUT2D eigenvalue weighted by atomic mass is 11.0. The van der Waals surface area contributed by atoms with Crippen molar-refractivity contribution < 1.29 is 8.42 Å². The summed E-state index contributed by atoms with van der Waals surface area (Å²) in [6.45, 7) is 0. The molecule has 54 valence electrons. The van der Waals surface area contributed by atoms with Gasteiger partial charge in [0.15, 0.2) is 0 Å². The summed E-state index contributed by atoms with van der Waals surface area (Å²) in [6, 6.07) is 0. The molecule has 0 saturated heterocycles. The van der Waals surface area contributed by atoms with Crippen LogP contribution >= 0.6 is 0 Å². The van der Waals surface area contributed by atoms with E-state index in [1.807, 2.05) is 0 Å². The quantitative estimate of drug-likeness (QED) is 0.512. The van der Waals surface area contributed by atoms with Gasteiger partial charge in [0, 0.05) is 10.2 Å². The molecule has 1 aliphatic rings. The second kappa shape index (κ2) is 2.40. The lowest BCUT2D eigenvalue weighted by Crippen LogP contribution is -2.28. The first kappa shape index (κ1) is 7.24. The Bertz CT molecular complexity index is 185. The van der Waals surface area contributed by atoms with E-state index in [1.165, 1.54) is 0 Å². The van der Waals surface area contributed by atoms with Crippen LogP contribution in [0.25, 0.3) is 0 Å². The zero-order valence-corrected chi connectivity index (χ0v) is 8.24. The fraction of sp³-hybridized carbons (Fsp3) is 1.00. The minimum atomic E-state index is -2.85. The Morgan fingerprint density at radius 1 is 1.56 bits per heavy atom. The molecule has 9 heavy (non-hydrogen) atoms. The number of hydrogen-bond acceptors (Lipinski definition) is 2. The second-order valence-corrected chi connectivity index (χ2v) is 4.99. The average Bonchev–Trinajstić information content (AvgIpc) is 2.41. The molecule has 0 aromatic heterocycles. The van der Waals surface area contributed by atoms with E-state index in [0.29, 0.717) is 6.17 Å². The van der Waals surface area contributed by atoms with E-state index in [-0.39, 0.29) is 5.25 Å². The van der Waals surface area contributed by atoms with Crippen molar-refractivity contribution in [3.8, 4) is 0 Å². The molecule has 0 aromatic carbocycles. The van der Waals surface area contributed by atoms with Gasteiger partial charge in [-0.05, 0) is 19.0 Å². The van der Waals surface area contributed by atoms with Gasteiger partial charge in [-0.15, -0.1) is 0 Å². The highest BCUT2D eigenvalue weighted by atomic mass is 32.2. The van der Waals surface area contributed by atoms with Crippen LogP contribution in [0.3, 0.4) is 0 Å². The Morgan fingerprint density at radius 2 is 2.11 bits per heavy atom. The van der Waals surface area contributed by atoms with Crippen molar-refractivity contribution in [2.75, 3.05) is 6.17 Å². The largest absolute Gasteiger partial charge is 0.219 e. The van der Waals surface area contributed by atoms with E-state index in [1.54, 1.807) is 0 Å². The van der Waals surface area contributed by atoms with Crippen molar-refractivity contribution in [3.05, 3.63) is 0 Å². The first-order valence-electron chi connectivity index (χ1n) is 3.15. The molecule has 0 radical (unpaired) electrons. The minimum absolute atomic E-state index is 0.0496. The van der Waals surface area contributed by atoms with Crippen molar-refractivity contribution in [1.29, 1.82) is 0 Å². The van der Waals surface area contributed by atoms with Gasteiger partial charge in [0.2, 0.25) is 10.0 Å². The molecule has 1 N–H and O–H groups in total. The molecule has 0 aliphatic heterocycles. The highest BCUT2D eigenvalue weighted by Gasteiger charge is 2.34. The van der Waals surface area contributed by atoms with E-state index in [9.17, 15) is 8.42 Å². The van der Waals surface area contributed by atoms with Gasteiger partial charge in [-0.25, -0.2) is 13.1 Å². The third kappa shape index (κ3) is 1.77. The van der Waals surface area contributed by atoms with Gasteiger partial charge >= 0.3 is 0 Å². The molecule has 0 atom stereocenters. The minimum Gasteiger partial charge on any atom is -0.219 e. The van der Waals surface area contributed by atoms with Crippen LogP contribution in [-0.4, -0.2) is 30.1 Å². The lowest BCUT2D eigenvalue weighted by Gasteiger charge is -1.99. The summed E-state index contributed by atoms with van der Waals surface area (Å²) in [5.41, 5.74) is 0. The molecule has 0 aromatic rings. The first-order valence-corrected chi connectivity index (χ1v) is 6.11. The summed E-state index contributed by atoms with van der Waals surface area (Å²) >= 11 is 0. The summed E-state index contributed by atoms with van der Waals surface area (Å²) in [5, 5.41) is -0.0496. The van der Waals surface area contributed by atoms with Crippen LogP contribution < -0.4 is 4.72 Å². The van der Waals surface area contributed by atoms with Gasteiger partial charge < -0.3 is 0 Å². The lowest BCUT2D eigenvalue weighted by molar-refractivity contribution is 0.585. The Hall–Kier alpha value is 0.127. The molecule has 0 amide bonds. The predicted octanol–water partition coefficient (Wildman–Crippen LogP) is -1.61. The van der Waals surface area contributed by atoms with Gasteiger partial charge in [-0.3, -0.25) is 0 Å². The highest BCUT2D eigenvalue weighted by Crippen LogP contribution is 2.26. The summed E-state index contributed by atoms with van der Waals surface area (Å²) in [6.07, 6.45) is 2.37. The van der Waals surface area contributed by atoms with Crippen LogP contribution in [0.15, 0.2) is 0 Å². The summed E-state index contributed by atoms with van der Waals surface area (Å²) in [4.78, 5) is 0. The molecule has 3 nitrogen and oxygen atoms in total. The molecule has 1 rings (SSSR count). The van der Waals surface area contributed by atoms with Crippen molar-refractivity contribution >= 4 is 20.3 Å². The normalized spacial score (nSPS) is 20.4. The van der Waals surface area contributed by atoms with Crippen molar-refractivity contribution in [1.82, 2.24) is 4.72 Å². The molecule has 5 heteroatoms. The van der Waals surface area contributed by atoms with Crippen LogP contribution in [0, 0.1) is 0 Å². The third-order valence-electron chi connectivity index (χ3n) is 1.31. The van der Waals surface area contributed by atoms with Gasteiger partial charge in [0.1, 0.15) is 0 Å². The average molecular weight is 165 g/mol. The van der Waals surface area contributed by atoms with Gasteiger partial charge in [0.25, 0.3) is 0 Å². The number of nitrogens with one attached hydrogen (secondary N) is 1. The first-order chi connectivity index (χ1) is 4.17.